The molecular weight excluding hydrogens is 284 g/mol. The lowest BCUT2D eigenvalue weighted by molar-refractivity contribution is -0.128. The smallest absolute Gasteiger partial charge is 0.241 e. The van der Waals surface area contributed by atoms with Gasteiger partial charge in [-0.3, -0.25) is 9.59 Å². The first-order valence-corrected chi connectivity index (χ1v) is 6.97. The van der Waals surface area contributed by atoms with Crippen molar-refractivity contribution in [2.45, 2.75) is 11.7 Å². The Kier molecular flexibility index (Phi) is 2.55. The second kappa shape index (κ2) is 4.26. The molecule has 22 heavy (non-hydrogen) atoms. The summed E-state index contributed by atoms with van der Waals surface area (Å²) in [5, 5.41) is 18.4. The summed E-state index contributed by atoms with van der Waals surface area (Å²) in [5.41, 5.74) is -0.181. The summed E-state index contributed by atoms with van der Waals surface area (Å²) in [6, 6.07) is 8.29. The Labute approximate surface area is 126 Å². The van der Waals surface area contributed by atoms with E-state index in [9.17, 15) is 14.7 Å². The molecule has 0 unspecified atom stereocenters. The summed E-state index contributed by atoms with van der Waals surface area (Å²) in [6.07, 6.45) is 2.97. The number of benzene rings is 1. The molecule has 1 N–H and O–H groups in total. The first-order valence-electron chi connectivity index (χ1n) is 6.97. The summed E-state index contributed by atoms with van der Waals surface area (Å²) in [5.74, 6) is -1.94. The van der Waals surface area contributed by atoms with Crippen LogP contribution in [0.25, 0.3) is 0 Å². The number of nitrogens with zero attached hydrogens (tertiary/aromatic N) is 2. The van der Waals surface area contributed by atoms with Crippen LogP contribution in [-0.4, -0.2) is 35.2 Å². The van der Waals surface area contributed by atoms with E-state index in [4.69, 9.17) is 10.00 Å². The Balaban J connectivity index is 1.74. The third-order valence-corrected chi connectivity index (χ3v) is 4.66. The summed E-state index contributed by atoms with van der Waals surface area (Å²) < 4.78 is 5.67. The maximum atomic E-state index is 12.7. The number of amides is 2. The number of anilines is 1. The Hall–Kier alpha value is -2.49. The maximum Gasteiger partial charge on any atom is 0.241 e. The molecule has 2 saturated heterocycles. The molecule has 110 valence electrons. The van der Waals surface area contributed by atoms with Crippen LogP contribution in [0.4, 0.5) is 5.69 Å². The summed E-state index contributed by atoms with van der Waals surface area (Å²) in [7, 11) is 0. The number of imide groups is 1. The molecule has 6 nitrogen and oxygen atoms in total. The molecule has 3 heterocycles. The number of fused-ring (bicyclic) bond motifs is 5. The number of rotatable bonds is 2. The van der Waals surface area contributed by atoms with Crippen molar-refractivity contribution in [1.82, 2.24) is 0 Å². The molecule has 4 atom stereocenters. The molecule has 2 amide bonds. The highest BCUT2D eigenvalue weighted by atomic mass is 16.5. The summed E-state index contributed by atoms with van der Waals surface area (Å²) >= 11 is 0. The molecule has 1 aromatic rings. The van der Waals surface area contributed by atoms with E-state index in [-0.39, 0.29) is 18.4 Å². The minimum Gasteiger partial charge on any atom is -0.393 e. The van der Waals surface area contributed by atoms with E-state index in [1.807, 2.05) is 6.07 Å². The van der Waals surface area contributed by atoms with Gasteiger partial charge in [0.2, 0.25) is 11.8 Å². The molecule has 0 radical (unpaired) electrons. The van der Waals surface area contributed by atoms with E-state index in [1.165, 1.54) is 0 Å². The highest BCUT2D eigenvalue weighted by Gasteiger charge is 2.67. The van der Waals surface area contributed by atoms with Gasteiger partial charge < -0.3 is 9.84 Å². The van der Waals surface area contributed by atoms with Gasteiger partial charge >= 0.3 is 0 Å². The van der Waals surface area contributed by atoms with Crippen molar-refractivity contribution in [3.05, 3.63) is 42.0 Å². The highest BCUT2D eigenvalue weighted by Crippen LogP contribution is 2.52. The molecule has 3 aliphatic rings. The zero-order valence-electron chi connectivity index (χ0n) is 11.5. The van der Waals surface area contributed by atoms with E-state index >= 15 is 0 Å². The summed E-state index contributed by atoms with van der Waals surface area (Å²) in [4.78, 5) is 26.5. The number of hydrogen-bond donors (Lipinski definition) is 1. The summed E-state index contributed by atoms with van der Waals surface area (Å²) in [6.45, 7) is -0.332. The lowest BCUT2D eigenvalue weighted by Gasteiger charge is -2.26. The Morgan fingerprint density at radius 3 is 2.64 bits per heavy atom. The quantitative estimate of drug-likeness (QED) is 0.628. The Morgan fingerprint density at radius 1 is 1.27 bits per heavy atom. The zero-order valence-corrected chi connectivity index (χ0v) is 11.5. The molecule has 3 aliphatic heterocycles. The number of nitriles is 1. The fourth-order valence-electron chi connectivity index (χ4n) is 3.62. The third kappa shape index (κ3) is 1.44. The van der Waals surface area contributed by atoms with Crippen molar-refractivity contribution in [3.8, 4) is 6.07 Å². The van der Waals surface area contributed by atoms with Crippen LogP contribution in [0, 0.1) is 23.2 Å². The molecule has 4 rings (SSSR count). The normalized spacial score (nSPS) is 35.1. The van der Waals surface area contributed by atoms with Gasteiger partial charge in [0.1, 0.15) is 5.60 Å². The van der Waals surface area contributed by atoms with E-state index in [0.717, 1.165) is 4.90 Å². The van der Waals surface area contributed by atoms with Crippen molar-refractivity contribution in [3.63, 3.8) is 0 Å². The van der Waals surface area contributed by atoms with Crippen molar-refractivity contribution in [2.24, 2.45) is 11.8 Å². The van der Waals surface area contributed by atoms with Crippen molar-refractivity contribution < 1.29 is 19.4 Å². The second-order valence-corrected chi connectivity index (χ2v) is 5.73. The molecule has 0 saturated carbocycles. The molecule has 2 fully saturated rings. The third-order valence-electron chi connectivity index (χ3n) is 4.66. The SMILES string of the molecule is N#Cc1ccc(N2C(=O)[C@@H]3[C@@H]4C=C[C@](CO)(O4)[C@@H]3C2=O)cc1. The number of ether oxygens (including phenoxy) is 1. The molecule has 1 aromatic carbocycles. The van der Waals surface area contributed by atoms with E-state index in [2.05, 4.69) is 0 Å². The van der Waals surface area contributed by atoms with Gasteiger partial charge in [0.05, 0.1) is 41.9 Å². The van der Waals surface area contributed by atoms with Crippen LogP contribution in [0.15, 0.2) is 36.4 Å². The van der Waals surface area contributed by atoms with Gasteiger partial charge in [-0.25, -0.2) is 4.90 Å². The molecule has 0 aliphatic carbocycles. The van der Waals surface area contributed by atoms with Crippen molar-refractivity contribution in [1.29, 1.82) is 5.26 Å². The number of hydrogen-bond acceptors (Lipinski definition) is 5. The van der Waals surface area contributed by atoms with Gasteiger partial charge in [0, 0.05) is 0 Å². The topological polar surface area (TPSA) is 90.6 Å². The first-order chi connectivity index (χ1) is 10.6. The van der Waals surface area contributed by atoms with Gasteiger partial charge in [-0.1, -0.05) is 12.2 Å². The number of carbonyl (C=O) groups excluding carboxylic acids is 2. The lowest BCUT2D eigenvalue weighted by atomic mass is 9.77. The number of aliphatic hydroxyl groups excluding tert-OH is 1. The average Bonchev–Trinajstić information content (AvgIpc) is 3.19. The molecule has 2 bridgehead atoms. The van der Waals surface area contributed by atoms with Gasteiger partial charge in [-0.05, 0) is 24.3 Å². The number of aliphatic hydroxyl groups is 1. The zero-order chi connectivity index (χ0) is 15.5. The highest BCUT2D eigenvalue weighted by molar-refractivity contribution is 6.23. The standard InChI is InChI=1S/C16H12N2O4/c17-7-9-1-3-10(4-2-9)18-14(20)12-11-5-6-16(8-19,22-11)13(12)15(18)21/h1-6,11-13,19H,8H2/t11-,12+,13-,16+/m0/s1. The molecular formula is C16H12N2O4. The predicted molar refractivity (Wildman–Crippen MR) is 74.5 cm³/mol. The molecule has 6 heteroatoms. The predicted octanol–water partition coefficient (Wildman–Crippen LogP) is 0.364. The van der Waals surface area contributed by atoms with Crippen LogP contribution in [0.5, 0.6) is 0 Å². The van der Waals surface area contributed by atoms with E-state index < -0.39 is 23.5 Å². The van der Waals surface area contributed by atoms with Gasteiger partial charge in [0.25, 0.3) is 0 Å². The minimum absolute atomic E-state index is 0.315. The monoisotopic (exact) mass is 296 g/mol. The largest absolute Gasteiger partial charge is 0.393 e. The molecule has 0 aromatic heterocycles. The van der Waals surface area contributed by atoms with Crippen molar-refractivity contribution in [2.75, 3.05) is 11.5 Å². The minimum atomic E-state index is -1.08. The van der Waals surface area contributed by atoms with Crippen LogP contribution in [-0.2, 0) is 14.3 Å². The van der Waals surface area contributed by atoms with Gasteiger partial charge in [0.15, 0.2) is 0 Å². The van der Waals surface area contributed by atoms with Crippen LogP contribution >= 0.6 is 0 Å². The van der Waals surface area contributed by atoms with Crippen LogP contribution in [0.3, 0.4) is 0 Å². The maximum absolute atomic E-state index is 12.7. The first kappa shape index (κ1) is 13.2. The average molecular weight is 296 g/mol. The van der Waals surface area contributed by atoms with Crippen molar-refractivity contribution >= 4 is 17.5 Å². The van der Waals surface area contributed by atoms with E-state index in [1.54, 1.807) is 36.4 Å². The van der Waals surface area contributed by atoms with Crippen LogP contribution in [0.2, 0.25) is 0 Å². The Morgan fingerprint density at radius 2 is 2.00 bits per heavy atom. The molecule has 0 spiro atoms. The lowest BCUT2D eigenvalue weighted by Crippen LogP contribution is -2.43. The van der Waals surface area contributed by atoms with E-state index in [0.29, 0.717) is 11.3 Å². The number of carbonyl (C=O) groups is 2. The van der Waals surface area contributed by atoms with Gasteiger partial charge in [-0.15, -0.1) is 0 Å². The van der Waals surface area contributed by atoms with Crippen LogP contribution < -0.4 is 4.90 Å². The fourth-order valence-corrected chi connectivity index (χ4v) is 3.62. The van der Waals surface area contributed by atoms with Crippen LogP contribution in [0.1, 0.15) is 5.56 Å². The van der Waals surface area contributed by atoms with Gasteiger partial charge in [-0.2, -0.15) is 5.26 Å². The second-order valence-electron chi connectivity index (χ2n) is 5.73. The fraction of sp³-hybridized carbons (Fsp3) is 0.312. The Bertz CT molecular complexity index is 748.